The molecule has 0 aromatic carbocycles. The average Bonchev–Trinajstić information content (AvgIpc) is 1.75. The third kappa shape index (κ3) is 36.6. The molecule has 9 heavy (non-hydrogen) atoms. The average molecular weight is 614 g/mol. The third-order valence-electron chi connectivity index (χ3n) is 0.223. The van der Waals surface area contributed by atoms with Gasteiger partial charge in [-0.1, -0.05) is 0 Å². The minimum atomic E-state index is 0. The van der Waals surface area contributed by atoms with E-state index < -0.39 is 0 Å². The molecule has 0 bridgehead atoms. The van der Waals surface area contributed by atoms with Gasteiger partial charge in [0.15, 0.2) is 0 Å². The van der Waals surface area contributed by atoms with Crippen molar-refractivity contribution < 1.29 is 54.5 Å². The molecular weight excluding hydrogens is 609 g/mol. The van der Waals surface area contributed by atoms with Crippen LogP contribution in [-0.4, -0.2) is 19.9 Å². The Hall–Kier alpha value is 2.73. The van der Waals surface area contributed by atoms with Gasteiger partial charge in [-0.2, -0.15) is 7.05 Å². The minimum absolute atomic E-state index is 0. The quantitative estimate of drug-likeness (QED) is 0.346. The molecule has 2 nitrogen and oxygen atoms in total. The van der Waals surface area contributed by atoms with Gasteiger partial charge in [-0.3, -0.25) is 12.8 Å². The Kier molecular flexibility index (Phi) is 77.7. The van der Waals surface area contributed by atoms with Crippen molar-refractivity contribution in [2.45, 2.75) is 0 Å². The number of likely N-dealkylation sites (N-methyl/N-ethyl adjacent to an activating group) is 1. The molecule has 6 heteroatoms. The van der Waals surface area contributed by atoms with E-state index in [-0.39, 0.29) is 56.2 Å². The Balaban J connectivity index is -0.0000000286. The summed E-state index contributed by atoms with van der Waals surface area (Å²) in [7, 11) is 1.57. The Labute approximate surface area is 115 Å². The van der Waals surface area contributed by atoms with Crippen LogP contribution in [0.4, 0.5) is 0 Å². The van der Waals surface area contributed by atoms with Crippen molar-refractivity contribution in [3.8, 4) is 0 Å². The second-order valence-corrected chi connectivity index (χ2v) is 0.619. The van der Waals surface area contributed by atoms with E-state index in [1.165, 1.54) is 0 Å². The monoisotopic (exact) mass is 614 g/mol. The van der Waals surface area contributed by atoms with Gasteiger partial charge in [0, 0.05) is 86.9 Å². The van der Waals surface area contributed by atoms with Crippen LogP contribution in [0.2, 0.25) is 0 Å². The number of hydrogen-bond donors (Lipinski definition) is 0. The molecule has 0 saturated carbocycles. The molecule has 0 fully saturated rings. The van der Waals surface area contributed by atoms with Gasteiger partial charge in [0.2, 0.25) is 0 Å². The van der Waals surface area contributed by atoms with Crippen molar-refractivity contribution in [3.05, 3.63) is 5.32 Å². The molecule has 0 aliphatic carbocycles. The molecule has 0 saturated heterocycles. The number of nitrogens with zero attached hydrogens (tertiary/aromatic N) is 1. The van der Waals surface area contributed by atoms with Crippen LogP contribution < -0.4 is 0 Å². The maximum Gasteiger partial charge on any atom is 0 e. The van der Waals surface area contributed by atoms with Crippen molar-refractivity contribution in [2.75, 3.05) is 13.6 Å². The predicted octanol–water partition coefficient (Wildman–Crippen LogP) is 1.87. The van der Waals surface area contributed by atoms with Gasteiger partial charge in [-0.05, 0) is 0 Å². The van der Waals surface area contributed by atoms with E-state index in [4.69, 9.17) is 0 Å². The summed E-state index contributed by atoms with van der Waals surface area (Å²) >= 11 is 4.24. The first-order chi connectivity index (χ1) is 3.41. The fourth-order valence-corrected chi connectivity index (χ4v) is 0.0645. The van der Waals surface area contributed by atoms with Crippen LogP contribution in [0, 0.1) is 31.1 Å². The molecule has 0 aromatic rings. The van der Waals surface area contributed by atoms with Crippen LogP contribution in [0.5, 0.6) is 0 Å². The summed E-state index contributed by atoms with van der Waals surface area (Å²) in [5, 5.41) is 3.43. The zero-order chi connectivity index (χ0) is 6.12. The van der Waals surface area contributed by atoms with Crippen molar-refractivity contribution in [3.63, 3.8) is 0 Å². The fraction of sp³-hybridized carbons (Fsp3) is 0.667. The molecule has 0 aliphatic rings. The van der Waals surface area contributed by atoms with Crippen molar-refractivity contribution in [1.29, 1.82) is 0 Å². The van der Waals surface area contributed by atoms with Gasteiger partial charge in [0.1, 0.15) is 0 Å². The largest absolute Gasteiger partial charge is 0.688 e. The van der Waals surface area contributed by atoms with Crippen LogP contribution in [0.3, 0.4) is 0 Å². The summed E-state index contributed by atoms with van der Waals surface area (Å²) in [5.41, 5.74) is 0. The molecule has 0 aromatic heterocycles. The second-order valence-electron chi connectivity index (χ2n) is 0.619. The Morgan fingerprint density at radius 3 is 1.89 bits per heavy atom. The molecule has 0 heterocycles. The number of rotatable bonds is 2. The maximum atomic E-state index is 9.19. The first-order valence-electron chi connectivity index (χ1n) is 1.46. The Morgan fingerprint density at radius 1 is 1.56 bits per heavy atom. The van der Waals surface area contributed by atoms with Crippen molar-refractivity contribution >= 4 is 43.5 Å². The van der Waals surface area contributed by atoms with Crippen LogP contribution in [0.1, 0.15) is 0 Å². The van der Waals surface area contributed by atoms with E-state index in [9.17, 15) is 4.79 Å². The summed E-state index contributed by atoms with van der Waals surface area (Å²) in [5.74, 6) is 0. The van der Waals surface area contributed by atoms with Crippen molar-refractivity contribution in [2.24, 2.45) is 0 Å². The van der Waals surface area contributed by atoms with Crippen LogP contribution in [-0.2, 0) is 23.4 Å². The van der Waals surface area contributed by atoms with Gasteiger partial charge in [-0.15, -0.1) is 0 Å². The normalized spacial score (nSPS) is 4.78. The zero-order valence-corrected chi connectivity index (χ0v) is 14.6. The summed E-state index contributed by atoms with van der Waals surface area (Å²) in [6.07, 6.45) is 1.60. The second kappa shape index (κ2) is 30.9. The topological polar surface area (TPSA) is 31.2 Å². The molecular formula is C3H5I2NOUV-2. The van der Waals surface area contributed by atoms with Crippen molar-refractivity contribution in [1.82, 2.24) is 0 Å². The van der Waals surface area contributed by atoms with E-state index in [1.807, 2.05) is 0 Å². The van der Waals surface area contributed by atoms with Gasteiger partial charge >= 0.3 is 0 Å². The summed E-state index contributed by atoms with van der Waals surface area (Å²) in [6, 6.07) is 0. The van der Waals surface area contributed by atoms with Gasteiger partial charge < -0.3 is 10.1 Å². The minimum Gasteiger partial charge on any atom is -0.688 e. The summed E-state index contributed by atoms with van der Waals surface area (Å²) < 4.78 is 0. The smallest absolute Gasteiger partial charge is 0 e. The maximum absolute atomic E-state index is 9.19. The van der Waals surface area contributed by atoms with Crippen LogP contribution in [0.15, 0.2) is 0 Å². The van der Waals surface area contributed by atoms with E-state index in [0.29, 0.717) is 0 Å². The first kappa shape index (κ1) is 22.6. The van der Waals surface area contributed by atoms with Gasteiger partial charge in [-0.25, -0.2) is 0 Å². The molecule has 0 spiro atoms. The molecule has 53 valence electrons. The number of halogens is 2. The molecule has 1 radical (unpaired) electrons. The molecule has 0 atom stereocenters. The SMILES string of the molecule is C[N-]C[C-]=O.II.[U].[V]. The molecule has 0 rings (SSSR count). The van der Waals surface area contributed by atoms with E-state index in [0.717, 1.165) is 0 Å². The standard InChI is InChI=1S/C3H5NO.I2.U.V/c1-4-2-3-5;1-2;;/h2H2,1H3;;;/q-2;;;. The molecule has 0 amide bonds. The Morgan fingerprint density at radius 2 is 1.89 bits per heavy atom. The zero-order valence-electron chi connectivity index (χ0n) is 4.77. The van der Waals surface area contributed by atoms with Gasteiger partial charge in [0.05, 0.1) is 0 Å². The van der Waals surface area contributed by atoms with Crippen LogP contribution >= 0.6 is 37.2 Å². The summed E-state index contributed by atoms with van der Waals surface area (Å²) in [6.45, 7) is 0.208. The third-order valence-corrected chi connectivity index (χ3v) is 0.223. The van der Waals surface area contributed by atoms with E-state index in [2.05, 4.69) is 42.5 Å². The Bertz CT molecular complexity index is 43.0. The predicted molar refractivity (Wildman–Crippen MR) is 47.9 cm³/mol. The molecule has 0 unspecified atom stereocenters. The van der Waals surface area contributed by atoms with E-state index in [1.54, 1.807) is 13.3 Å². The number of carbonyl (C=O) groups excluding carboxylic acids is 1. The summed E-state index contributed by atoms with van der Waals surface area (Å²) in [4.78, 5) is 9.19. The molecule has 0 aliphatic heterocycles. The number of hydrogen-bond acceptors (Lipinski definition) is 1. The van der Waals surface area contributed by atoms with Gasteiger partial charge in [0.25, 0.3) is 0 Å². The van der Waals surface area contributed by atoms with E-state index >= 15 is 0 Å². The molecule has 0 N–H and O–H groups in total. The fourth-order valence-electron chi connectivity index (χ4n) is 0.0645. The van der Waals surface area contributed by atoms with Crippen LogP contribution in [0.25, 0.3) is 5.32 Å². The first-order valence-corrected chi connectivity index (χ1v) is 7.75.